The van der Waals surface area contributed by atoms with E-state index in [4.69, 9.17) is 4.74 Å². The van der Waals surface area contributed by atoms with Gasteiger partial charge in [0.15, 0.2) is 0 Å². The molecule has 0 saturated carbocycles. The first-order chi connectivity index (χ1) is 15.0. The Balaban J connectivity index is 1.64. The molecule has 3 aromatic rings. The van der Waals surface area contributed by atoms with Gasteiger partial charge in [0.25, 0.3) is 5.56 Å². The van der Waals surface area contributed by atoms with Crippen molar-refractivity contribution in [2.45, 2.75) is 19.8 Å². The van der Waals surface area contributed by atoms with E-state index in [0.29, 0.717) is 17.3 Å². The molecule has 1 aromatic carbocycles. The number of nitrogens with zero attached hydrogens (tertiary/aromatic N) is 6. The highest BCUT2D eigenvalue weighted by atomic mass is 16.5. The number of methoxy groups -OCH3 is 1. The lowest BCUT2D eigenvalue weighted by Gasteiger charge is -2.26. The third-order valence-electron chi connectivity index (χ3n) is 5.28. The summed E-state index contributed by atoms with van der Waals surface area (Å²) in [5.74, 6) is 1.51. The molecule has 2 aromatic heterocycles. The van der Waals surface area contributed by atoms with Gasteiger partial charge in [-0.05, 0) is 38.0 Å². The molecule has 0 saturated heterocycles. The van der Waals surface area contributed by atoms with Crippen molar-refractivity contribution in [2.75, 3.05) is 43.6 Å². The molecule has 31 heavy (non-hydrogen) atoms. The Kier molecular flexibility index (Phi) is 7.59. The lowest BCUT2D eigenvalue weighted by Crippen LogP contribution is -2.30. The summed E-state index contributed by atoms with van der Waals surface area (Å²) in [6, 6.07) is 11.4. The van der Waals surface area contributed by atoms with Crippen molar-refractivity contribution < 1.29 is 4.74 Å². The van der Waals surface area contributed by atoms with Crippen molar-refractivity contribution in [3.05, 3.63) is 59.3 Å². The molecule has 164 valence electrons. The van der Waals surface area contributed by atoms with E-state index in [1.165, 1.54) is 12.4 Å². The zero-order valence-electron chi connectivity index (χ0n) is 18.7. The molecule has 0 bridgehead atoms. The molecule has 8 nitrogen and oxygen atoms in total. The van der Waals surface area contributed by atoms with E-state index in [1.807, 2.05) is 30.1 Å². The van der Waals surface area contributed by atoms with Crippen molar-refractivity contribution in [2.24, 2.45) is 7.05 Å². The third kappa shape index (κ3) is 5.39. The fraction of sp³-hybridized carbons (Fsp3) is 0.391. The van der Waals surface area contributed by atoms with Crippen molar-refractivity contribution in [1.82, 2.24) is 19.5 Å². The van der Waals surface area contributed by atoms with Crippen LogP contribution >= 0.6 is 0 Å². The van der Waals surface area contributed by atoms with Gasteiger partial charge in [0.2, 0.25) is 5.95 Å². The van der Waals surface area contributed by atoms with Gasteiger partial charge in [-0.15, -0.1) is 0 Å². The molecular formula is C23H30N6O2. The summed E-state index contributed by atoms with van der Waals surface area (Å²) in [5, 5.41) is 0. The van der Waals surface area contributed by atoms with Gasteiger partial charge < -0.3 is 14.5 Å². The van der Waals surface area contributed by atoms with Crippen LogP contribution in [0.4, 0.5) is 11.6 Å². The molecule has 0 aliphatic carbocycles. The highest BCUT2D eigenvalue weighted by Gasteiger charge is 2.13. The minimum absolute atomic E-state index is 0.112. The van der Waals surface area contributed by atoms with Crippen LogP contribution in [-0.4, -0.2) is 53.3 Å². The minimum atomic E-state index is -0.112. The fourth-order valence-corrected chi connectivity index (χ4v) is 3.53. The predicted octanol–water partition coefficient (Wildman–Crippen LogP) is 2.99. The molecule has 0 spiro atoms. The van der Waals surface area contributed by atoms with E-state index in [2.05, 4.69) is 32.8 Å². The van der Waals surface area contributed by atoms with Crippen molar-refractivity contribution >= 4 is 11.6 Å². The monoisotopic (exact) mass is 422 g/mol. The standard InChI is InChI=1S/C23H30N6O2/c1-5-29(20-10-6-7-11-21(20)31-4)15-9-8-14-27(2)23-26-19(16-22(30)28(23)3)18-12-13-24-17-25-18/h6-7,10-13,16-17H,5,8-9,14-15H2,1-4H3. The second-order valence-electron chi connectivity index (χ2n) is 7.31. The highest BCUT2D eigenvalue weighted by Crippen LogP contribution is 2.27. The van der Waals surface area contributed by atoms with E-state index in [1.54, 1.807) is 31.0 Å². The van der Waals surface area contributed by atoms with Crippen LogP contribution in [0, 0.1) is 0 Å². The fourth-order valence-electron chi connectivity index (χ4n) is 3.53. The van der Waals surface area contributed by atoms with Crippen molar-refractivity contribution in [3.8, 4) is 17.1 Å². The summed E-state index contributed by atoms with van der Waals surface area (Å²) >= 11 is 0. The average Bonchev–Trinajstić information content (AvgIpc) is 2.81. The van der Waals surface area contributed by atoms with Gasteiger partial charge in [0.1, 0.15) is 12.1 Å². The van der Waals surface area contributed by atoms with Gasteiger partial charge in [-0.3, -0.25) is 9.36 Å². The maximum Gasteiger partial charge on any atom is 0.255 e. The third-order valence-corrected chi connectivity index (χ3v) is 5.28. The lowest BCUT2D eigenvalue weighted by atomic mass is 10.2. The van der Waals surface area contributed by atoms with Crippen LogP contribution in [0.5, 0.6) is 5.75 Å². The average molecular weight is 423 g/mol. The smallest absolute Gasteiger partial charge is 0.255 e. The molecule has 0 fully saturated rings. The van der Waals surface area contributed by atoms with Gasteiger partial charge in [0.05, 0.1) is 24.2 Å². The van der Waals surface area contributed by atoms with E-state index < -0.39 is 0 Å². The van der Waals surface area contributed by atoms with Crippen LogP contribution < -0.4 is 20.1 Å². The second kappa shape index (κ2) is 10.6. The van der Waals surface area contributed by atoms with Crippen LogP contribution in [0.15, 0.2) is 53.7 Å². The van der Waals surface area contributed by atoms with Crippen molar-refractivity contribution in [1.29, 1.82) is 0 Å². The van der Waals surface area contributed by atoms with Crippen LogP contribution in [0.25, 0.3) is 11.4 Å². The first-order valence-corrected chi connectivity index (χ1v) is 10.5. The zero-order chi connectivity index (χ0) is 22.2. The Morgan fingerprint density at radius 2 is 1.87 bits per heavy atom. The second-order valence-corrected chi connectivity index (χ2v) is 7.31. The first kappa shape index (κ1) is 22.3. The molecule has 0 amide bonds. The molecule has 0 atom stereocenters. The molecular weight excluding hydrogens is 392 g/mol. The molecule has 0 unspecified atom stereocenters. The molecule has 2 heterocycles. The molecule has 0 N–H and O–H groups in total. The Morgan fingerprint density at radius 1 is 1.10 bits per heavy atom. The molecule has 3 rings (SSSR count). The van der Waals surface area contributed by atoms with Gasteiger partial charge in [0, 0.05) is 46.0 Å². The Hall–Kier alpha value is -3.42. The number of ether oxygens (including phenoxy) is 1. The van der Waals surface area contributed by atoms with E-state index in [0.717, 1.165) is 43.9 Å². The molecule has 8 heteroatoms. The topological polar surface area (TPSA) is 76.4 Å². The normalized spacial score (nSPS) is 10.7. The number of para-hydroxylation sites is 2. The van der Waals surface area contributed by atoms with Crippen LogP contribution in [0.3, 0.4) is 0 Å². The zero-order valence-corrected chi connectivity index (χ0v) is 18.7. The van der Waals surface area contributed by atoms with Gasteiger partial charge >= 0.3 is 0 Å². The summed E-state index contributed by atoms with van der Waals surface area (Å²) in [6.07, 6.45) is 5.08. The van der Waals surface area contributed by atoms with Crippen LogP contribution in [0.1, 0.15) is 19.8 Å². The number of aromatic nitrogens is 4. The Morgan fingerprint density at radius 3 is 2.58 bits per heavy atom. The Bertz CT molecular complexity index is 1040. The number of hydrogen-bond acceptors (Lipinski definition) is 7. The van der Waals surface area contributed by atoms with Crippen LogP contribution in [-0.2, 0) is 7.05 Å². The van der Waals surface area contributed by atoms with Crippen molar-refractivity contribution in [3.63, 3.8) is 0 Å². The largest absolute Gasteiger partial charge is 0.495 e. The van der Waals surface area contributed by atoms with Gasteiger partial charge in [-0.1, -0.05) is 12.1 Å². The quantitative estimate of drug-likeness (QED) is 0.465. The summed E-state index contributed by atoms with van der Waals surface area (Å²) in [5.41, 5.74) is 2.19. The number of unbranched alkanes of at least 4 members (excludes halogenated alkanes) is 1. The minimum Gasteiger partial charge on any atom is -0.495 e. The molecule has 0 aliphatic heterocycles. The van der Waals surface area contributed by atoms with E-state index >= 15 is 0 Å². The number of hydrogen-bond donors (Lipinski definition) is 0. The summed E-state index contributed by atoms with van der Waals surface area (Å²) in [4.78, 5) is 29.6. The molecule has 0 radical (unpaired) electrons. The highest BCUT2D eigenvalue weighted by molar-refractivity contribution is 5.58. The summed E-state index contributed by atoms with van der Waals surface area (Å²) in [7, 11) is 5.41. The first-order valence-electron chi connectivity index (χ1n) is 10.5. The maximum atomic E-state index is 12.4. The predicted molar refractivity (Wildman–Crippen MR) is 124 cm³/mol. The van der Waals surface area contributed by atoms with Crippen LogP contribution in [0.2, 0.25) is 0 Å². The van der Waals surface area contributed by atoms with Gasteiger partial charge in [-0.25, -0.2) is 15.0 Å². The van der Waals surface area contributed by atoms with E-state index in [9.17, 15) is 4.79 Å². The summed E-state index contributed by atoms with van der Waals surface area (Å²) < 4.78 is 7.07. The number of benzene rings is 1. The van der Waals surface area contributed by atoms with E-state index in [-0.39, 0.29) is 5.56 Å². The number of rotatable bonds is 10. The van der Waals surface area contributed by atoms with Gasteiger partial charge in [-0.2, -0.15) is 0 Å². The maximum absolute atomic E-state index is 12.4. The SMILES string of the molecule is CCN(CCCCN(C)c1nc(-c2ccncn2)cc(=O)n1C)c1ccccc1OC. The summed E-state index contributed by atoms with van der Waals surface area (Å²) in [6.45, 7) is 4.78. The number of anilines is 2. The lowest BCUT2D eigenvalue weighted by molar-refractivity contribution is 0.414. The Labute approximate surface area is 183 Å². The molecule has 0 aliphatic rings.